The maximum absolute atomic E-state index is 12.5. The molecule has 0 aliphatic heterocycles. The van der Waals surface area contributed by atoms with Gasteiger partial charge in [0.25, 0.3) is 5.91 Å². The number of hydrogen-bond donors (Lipinski definition) is 3. The van der Waals surface area contributed by atoms with Crippen molar-refractivity contribution in [1.82, 2.24) is 0 Å². The molecule has 1 amide bonds. The zero-order valence-corrected chi connectivity index (χ0v) is 16.4. The Morgan fingerprint density at radius 2 is 1.48 bits per heavy atom. The van der Waals surface area contributed by atoms with Crippen molar-refractivity contribution < 1.29 is 26.4 Å². The highest BCUT2D eigenvalue weighted by atomic mass is 32.2. The van der Waals surface area contributed by atoms with E-state index in [4.69, 9.17) is 4.74 Å². The smallest absolute Gasteiger partial charge is 0.257 e. The molecule has 146 valence electrons. The third-order valence-electron chi connectivity index (χ3n) is 3.22. The van der Waals surface area contributed by atoms with E-state index in [2.05, 4.69) is 14.8 Å². The van der Waals surface area contributed by atoms with Crippen molar-refractivity contribution in [1.29, 1.82) is 0 Å². The molecule has 0 heterocycles. The normalized spacial score (nSPS) is 11.5. The minimum atomic E-state index is -3.55. The first-order valence-corrected chi connectivity index (χ1v) is 11.3. The Morgan fingerprint density at radius 3 is 2.07 bits per heavy atom. The van der Waals surface area contributed by atoms with E-state index >= 15 is 0 Å². The molecule has 0 radical (unpaired) electrons. The van der Waals surface area contributed by atoms with Gasteiger partial charge in [0.2, 0.25) is 20.0 Å². The van der Waals surface area contributed by atoms with Gasteiger partial charge >= 0.3 is 0 Å². The van der Waals surface area contributed by atoms with E-state index in [9.17, 15) is 21.6 Å². The molecule has 0 aromatic heterocycles. The fraction of sp³-hybridized carbons (Fsp3) is 0.188. The lowest BCUT2D eigenvalue weighted by Gasteiger charge is -2.14. The summed E-state index contributed by atoms with van der Waals surface area (Å²) in [6.45, 7) is 0. The molecular formula is C16H19N3O6S2. The van der Waals surface area contributed by atoms with Gasteiger partial charge in [-0.05, 0) is 24.3 Å². The summed E-state index contributed by atoms with van der Waals surface area (Å²) in [6, 6.07) is 10.5. The molecule has 0 bridgehead atoms. The third-order valence-corrected chi connectivity index (χ3v) is 4.40. The van der Waals surface area contributed by atoms with Crippen molar-refractivity contribution in [3.05, 3.63) is 48.0 Å². The lowest BCUT2D eigenvalue weighted by atomic mass is 10.1. The minimum Gasteiger partial charge on any atom is -0.494 e. The number of carbonyl (C=O) groups is 1. The number of anilines is 3. The van der Waals surface area contributed by atoms with E-state index < -0.39 is 26.0 Å². The van der Waals surface area contributed by atoms with Gasteiger partial charge in [-0.2, -0.15) is 0 Å². The fourth-order valence-corrected chi connectivity index (χ4v) is 3.37. The first-order valence-electron chi connectivity index (χ1n) is 7.52. The Kier molecular flexibility index (Phi) is 5.96. The van der Waals surface area contributed by atoms with Crippen LogP contribution in [0.5, 0.6) is 5.75 Å². The molecule has 2 aromatic carbocycles. The van der Waals surface area contributed by atoms with Crippen LogP contribution >= 0.6 is 0 Å². The number of sulfonamides is 2. The monoisotopic (exact) mass is 413 g/mol. The first kappa shape index (κ1) is 20.5. The van der Waals surface area contributed by atoms with E-state index in [0.717, 1.165) is 12.5 Å². The Bertz CT molecular complexity index is 1070. The predicted octanol–water partition coefficient (Wildman–Crippen LogP) is 1.69. The van der Waals surface area contributed by atoms with Crippen LogP contribution in [0.1, 0.15) is 10.4 Å². The molecule has 0 fully saturated rings. The zero-order chi connectivity index (χ0) is 20.2. The molecule has 2 aromatic rings. The van der Waals surface area contributed by atoms with Gasteiger partial charge < -0.3 is 10.1 Å². The summed E-state index contributed by atoms with van der Waals surface area (Å²) in [5.41, 5.74) is 0.822. The van der Waals surface area contributed by atoms with E-state index in [1.807, 2.05) is 0 Å². The van der Waals surface area contributed by atoms with E-state index in [1.54, 1.807) is 12.1 Å². The molecule has 27 heavy (non-hydrogen) atoms. The number of nitrogens with one attached hydrogen (secondary N) is 3. The molecule has 0 saturated carbocycles. The summed E-state index contributed by atoms with van der Waals surface area (Å²) in [4.78, 5) is 12.5. The highest BCUT2D eigenvalue weighted by Crippen LogP contribution is 2.29. The maximum atomic E-state index is 12.5. The van der Waals surface area contributed by atoms with E-state index in [1.165, 1.54) is 37.4 Å². The lowest BCUT2D eigenvalue weighted by Crippen LogP contribution is -2.17. The quantitative estimate of drug-likeness (QED) is 0.633. The number of amides is 1. The van der Waals surface area contributed by atoms with Gasteiger partial charge in [0, 0.05) is 11.8 Å². The largest absolute Gasteiger partial charge is 0.494 e. The van der Waals surface area contributed by atoms with E-state index in [0.29, 0.717) is 5.69 Å². The predicted molar refractivity (Wildman–Crippen MR) is 104 cm³/mol. The summed E-state index contributed by atoms with van der Waals surface area (Å²) < 4.78 is 55.4. The van der Waals surface area contributed by atoms with Crippen LogP contribution in [0, 0.1) is 0 Å². The van der Waals surface area contributed by atoms with Crippen LogP contribution in [0.2, 0.25) is 0 Å². The van der Waals surface area contributed by atoms with Crippen LogP contribution in [0.3, 0.4) is 0 Å². The van der Waals surface area contributed by atoms with Crippen LogP contribution in [0.25, 0.3) is 0 Å². The number of para-hydroxylation sites is 1. The Hall–Kier alpha value is -2.79. The number of benzene rings is 2. The molecule has 0 saturated heterocycles. The van der Waals surface area contributed by atoms with Crippen molar-refractivity contribution in [2.24, 2.45) is 0 Å². The minimum absolute atomic E-state index is 0.125. The van der Waals surface area contributed by atoms with E-state index in [-0.39, 0.29) is 22.7 Å². The Balaban J connectivity index is 2.29. The van der Waals surface area contributed by atoms with Gasteiger partial charge in [-0.15, -0.1) is 0 Å². The fourth-order valence-electron chi connectivity index (χ4n) is 2.22. The standard InChI is InChI=1S/C16H19N3O6S2/c1-25-15-10-11(8-9-14(15)19-27(3,23)24)17-16(20)12-6-4-5-7-13(12)18-26(2,21)22/h4-10,18-19H,1-3H3,(H,17,20). The molecule has 0 spiro atoms. The number of rotatable bonds is 7. The molecule has 3 N–H and O–H groups in total. The second-order valence-corrected chi connectivity index (χ2v) is 9.16. The van der Waals surface area contributed by atoms with Gasteiger partial charge in [0.05, 0.1) is 36.6 Å². The Morgan fingerprint density at radius 1 is 0.889 bits per heavy atom. The summed E-state index contributed by atoms with van der Waals surface area (Å²) in [6.07, 6.45) is 1.99. The number of ether oxygens (including phenoxy) is 1. The highest BCUT2D eigenvalue weighted by molar-refractivity contribution is 7.92. The number of carbonyl (C=O) groups excluding carboxylic acids is 1. The van der Waals surface area contributed by atoms with Gasteiger partial charge in [-0.3, -0.25) is 14.2 Å². The average Bonchev–Trinajstić information content (AvgIpc) is 2.54. The van der Waals surface area contributed by atoms with Crippen LogP contribution in [0.4, 0.5) is 17.1 Å². The van der Waals surface area contributed by atoms with Gasteiger partial charge in [0.15, 0.2) is 0 Å². The number of methoxy groups -OCH3 is 1. The zero-order valence-electron chi connectivity index (χ0n) is 14.8. The maximum Gasteiger partial charge on any atom is 0.257 e. The molecular weight excluding hydrogens is 394 g/mol. The number of hydrogen-bond acceptors (Lipinski definition) is 6. The third kappa shape index (κ3) is 6.15. The molecule has 0 aliphatic carbocycles. The summed E-state index contributed by atoms with van der Waals surface area (Å²) in [7, 11) is -5.69. The molecule has 2 rings (SSSR count). The molecule has 11 heteroatoms. The van der Waals surface area contributed by atoms with Crippen molar-refractivity contribution in [3.8, 4) is 5.75 Å². The average molecular weight is 413 g/mol. The van der Waals surface area contributed by atoms with Crippen LogP contribution in [-0.4, -0.2) is 42.4 Å². The van der Waals surface area contributed by atoms with Crippen molar-refractivity contribution in [2.75, 3.05) is 34.4 Å². The SMILES string of the molecule is COc1cc(NC(=O)c2ccccc2NS(C)(=O)=O)ccc1NS(C)(=O)=O. The molecule has 0 atom stereocenters. The van der Waals surface area contributed by atoms with Gasteiger partial charge in [-0.25, -0.2) is 16.8 Å². The second kappa shape index (κ2) is 7.84. The Labute approximate surface area is 157 Å². The summed E-state index contributed by atoms with van der Waals surface area (Å²) >= 11 is 0. The first-order chi connectivity index (χ1) is 12.5. The molecule has 0 aliphatic rings. The van der Waals surface area contributed by atoms with Crippen molar-refractivity contribution in [3.63, 3.8) is 0 Å². The van der Waals surface area contributed by atoms with Crippen molar-refractivity contribution >= 4 is 43.0 Å². The van der Waals surface area contributed by atoms with Crippen LogP contribution in [-0.2, 0) is 20.0 Å². The van der Waals surface area contributed by atoms with Gasteiger partial charge in [0.1, 0.15) is 5.75 Å². The summed E-state index contributed by atoms with van der Waals surface area (Å²) in [5, 5.41) is 2.62. The lowest BCUT2D eigenvalue weighted by molar-refractivity contribution is 0.102. The van der Waals surface area contributed by atoms with Crippen LogP contribution in [0.15, 0.2) is 42.5 Å². The van der Waals surface area contributed by atoms with Gasteiger partial charge in [-0.1, -0.05) is 12.1 Å². The molecule has 9 nitrogen and oxygen atoms in total. The van der Waals surface area contributed by atoms with Crippen LogP contribution < -0.4 is 19.5 Å². The van der Waals surface area contributed by atoms with Crippen molar-refractivity contribution in [2.45, 2.75) is 0 Å². The topological polar surface area (TPSA) is 131 Å². The highest BCUT2D eigenvalue weighted by Gasteiger charge is 2.15. The summed E-state index contributed by atoms with van der Waals surface area (Å²) in [5.74, 6) is -0.339. The second-order valence-electron chi connectivity index (χ2n) is 5.66. The molecule has 0 unspecified atom stereocenters.